The lowest BCUT2D eigenvalue weighted by molar-refractivity contribution is 0.794. The Kier molecular flexibility index (Phi) is 8.57. The molecule has 0 saturated carbocycles. The van der Waals surface area contributed by atoms with Gasteiger partial charge in [0.15, 0.2) is 0 Å². The monoisotopic (exact) mass is 861 g/mol. The van der Waals surface area contributed by atoms with Crippen LogP contribution in [-0.2, 0) is 5.41 Å². The second kappa shape index (κ2) is 15.1. The third-order valence-electron chi connectivity index (χ3n) is 14.9. The quantitative estimate of drug-likeness (QED) is 0.151. The first-order valence-corrected chi connectivity index (χ1v) is 23.7. The van der Waals surface area contributed by atoms with Crippen molar-refractivity contribution >= 4 is 49.4 Å². The summed E-state index contributed by atoms with van der Waals surface area (Å²) in [5.74, 6) is 0. The summed E-state index contributed by atoms with van der Waals surface area (Å²) in [6.45, 7) is 0. The molecule has 0 radical (unpaired) electrons. The lowest BCUT2D eigenvalue weighted by Crippen LogP contribution is -2.26. The van der Waals surface area contributed by atoms with E-state index in [-0.39, 0.29) is 0 Å². The molecule has 316 valence electrons. The smallest absolute Gasteiger partial charge is 0.0726 e. The highest BCUT2D eigenvalue weighted by Crippen LogP contribution is 2.64. The van der Waals surface area contributed by atoms with Crippen molar-refractivity contribution in [1.29, 1.82) is 0 Å². The first kappa shape index (κ1) is 38.5. The fraction of sp³-hybridized carbons (Fsp3) is 0.0149. The summed E-state index contributed by atoms with van der Waals surface area (Å²) in [5, 5.41) is 7.53. The summed E-state index contributed by atoms with van der Waals surface area (Å²) in [6, 6.07) is 97.2. The molecule has 68 heavy (non-hydrogen) atoms. The van der Waals surface area contributed by atoms with E-state index in [0.29, 0.717) is 0 Å². The Hall–Kier alpha value is -8.78. The minimum absolute atomic E-state index is 0.521. The van der Waals surface area contributed by atoms with E-state index in [1.807, 2.05) is 0 Å². The number of nitrogens with zero attached hydrogens (tertiary/aromatic N) is 1. The summed E-state index contributed by atoms with van der Waals surface area (Å²) in [4.78, 5) is 2.57. The molecule has 0 N–H and O–H groups in total. The van der Waals surface area contributed by atoms with Gasteiger partial charge in [-0.25, -0.2) is 0 Å². The minimum Gasteiger partial charge on any atom is -0.309 e. The van der Waals surface area contributed by atoms with Crippen molar-refractivity contribution in [1.82, 2.24) is 0 Å². The van der Waals surface area contributed by atoms with Gasteiger partial charge >= 0.3 is 0 Å². The Morgan fingerprint density at radius 3 is 1.22 bits per heavy atom. The summed E-state index contributed by atoms with van der Waals surface area (Å²) in [6.07, 6.45) is 0. The van der Waals surface area contributed by atoms with Crippen molar-refractivity contribution in [3.63, 3.8) is 0 Å². The van der Waals surface area contributed by atoms with E-state index in [0.717, 1.165) is 28.2 Å². The molecule has 0 unspecified atom stereocenters. The molecule has 0 bridgehead atoms. The Labute approximate surface area is 396 Å². The molecule has 1 spiro atoms. The van der Waals surface area contributed by atoms with Crippen molar-refractivity contribution in [3.8, 4) is 55.6 Å². The minimum atomic E-state index is -0.521. The number of hydrogen-bond donors (Lipinski definition) is 0. The third-order valence-corrected chi connectivity index (χ3v) is 14.9. The van der Waals surface area contributed by atoms with Crippen molar-refractivity contribution in [3.05, 3.63) is 283 Å². The van der Waals surface area contributed by atoms with Crippen molar-refractivity contribution < 1.29 is 0 Å². The van der Waals surface area contributed by atoms with Gasteiger partial charge < -0.3 is 4.90 Å². The topological polar surface area (TPSA) is 3.24 Å². The molecule has 14 rings (SSSR count). The van der Waals surface area contributed by atoms with Crippen LogP contribution in [0.25, 0.3) is 88.0 Å². The van der Waals surface area contributed by atoms with Crippen molar-refractivity contribution in [2.75, 3.05) is 4.90 Å². The predicted molar refractivity (Wildman–Crippen MR) is 286 cm³/mol. The van der Waals surface area contributed by atoms with Gasteiger partial charge in [0, 0.05) is 16.8 Å². The third kappa shape index (κ3) is 5.57. The van der Waals surface area contributed by atoms with Crippen LogP contribution in [0, 0.1) is 0 Å². The lowest BCUT2D eigenvalue weighted by Gasteiger charge is -2.34. The molecular weight excluding hydrogens is 819 g/mol. The van der Waals surface area contributed by atoms with Crippen LogP contribution in [0.1, 0.15) is 22.3 Å². The zero-order chi connectivity index (χ0) is 44.8. The fourth-order valence-electron chi connectivity index (χ4n) is 12.0. The van der Waals surface area contributed by atoms with E-state index in [9.17, 15) is 0 Å². The normalized spacial score (nSPS) is 12.8. The average Bonchev–Trinajstić information content (AvgIpc) is 3.88. The van der Waals surface area contributed by atoms with E-state index in [1.54, 1.807) is 0 Å². The molecule has 0 aromatic heterocycles. The SMILES string of the molecule is c1ccc(-c2ccc(-c3cc4c(cc3N(c3ccc5c6ccccc6c6ccccc6c5c3)c3ccccc3-c3ccccc3)C3(c5ccccc5-c5ccccc53)c3ccccc3-4)cc2)cc1. The summed E-state index contributed by atoms with van der Waals surface area (Å²) in [7, 11) is 0. The van der Waals surface area contributed by atoms with Gasteiger partial charge in [-0.1, -0.05) is 231 Å². The number of anilines is 3. The van der Waals surface area contributed by atoms with E-state index >= 15 is 0 Å². The molecular formula is C67H43N. The number of rotatable bonds is 6. The zero-order valence-electron chi connectivity index (χ0n) is 37.3. The Bertz CT molecular complexity index is 3880. The van der Waals surface area contributed by atoms with Gasteiger partial charge in [0.05, 0.1) is 16.8 Å². The molecule has 0 saturated heterocycles. The fourth-order valence-corrected chi connectivity index (χ4v) is 12.0. The Morgan fingerprint density at radius 1 is 0.221 bits per heavy atom. The molecule has 12 aromatic rings. The van der Waals surface area contributed by atoms with Gasteiger partial charge in [-0.3, -0.25) is 0 Å². The zero-order valence-corrected chi connectivity index (χ0v) is 37.3. The molecule has 0 aliphatic heterocycles. The molecule has 12 aromatic carbocycles. The summed E-state index contributed by atoms with van der Waals surface area (Å²) >= 11 is 0. The van der Waals surface area contributed by atoms with Crippen LogP contribution in [0.5, 0.6) is 0 Å². The largest absolute Gasteiger partial charge is 0.309 e. The number of fused-ring (bicyclic) bond motifs is 16. The second-order valence-electron chi connectivity index (χ2n) is 18.3. The highest BCUT2D eigenvalue weighted by molar-refractivity contribution is 6.26. The highest BCUT2D eigenvalue weighted by atomic mass is 15.1. The van der Waals surface area contributed by atoms with Gasteiger partial charge in [0.2, 0.25) is 0 Å². The van der Waals surface area contributed by atoms with Crippen LogP contribution < -0.4 is 4.90 Å². The number of hydrogen-bond acceptors (Lipinski definition) is 1. The first-order chi connectivity index (χ1) is 33.8. The summed E-state index contributed by atoms with van der Waals surface area (Å²) < 4.78 is 0. The molecule has 1 nitrogen and oxygen atoms in total. The number of benzene rings is 12. The molecule has 0 heterocycles. The van der Waals surface area contributed by atoms with Crippen LogP contribution in [-0.4, -0.2) is 0 Å². The van der Waals surface area contributed by atoms with Crippen molar-refractivity contribution in [2.45, 2.75) is 5.41 Å². The molecule has 0 amide bonds. The number of para-hydroxylation sites is 1. The van der Waals surface area contributed by atoms with Gasteiger partial charge in [0.1, 0.15) is 0 Å². The van der Waals surface area contributed by atoms with Gasteiger partial charge in [-0.15, -0.1) is 0 Å². The van der Waals surface area contributed by atoms with Crippen LogP contribution in [0.4, 0.5) is 17.1 Å². The van der Waals surface area contributed by atoms with E-state index < -0.39 is 5.41 Å². The van der Waals surface area contributed by atoms with Crippen LogP contribution >= 0.6 is 0 Å². The van der Waals surface area contributed by atoms with Crippen LogP contribution in [0.15, 0.2) is 261 Å². The molecule has 2 aliphatic rings. The predicted octanol–water partition coefficient (Wildman–Crippen LogP) is 18.0. The molecule has 0 atom stereocenters. The van der Waals surface area contributed by atoms with E-state index in [2.05, 4.69) is 266 Å². The van der Waals surface area contributed by atoms with Gasteiger partial charge in [-0.05, 0) is 129 Å². The second-order valence-corrected chi connectivity index (χ2v) is 18.3. The van der Waals surface area contributed by atoms with Crippen molar-refractivity contribution in [2.24, 2.45) is 0 Å². The van der Waals surface area contributed by atoms with Gasteiger partial charge in [-0.2, -0.15) is 0 Å². The first-order valence-electron chi connectivity index (χ1n) is 23.7. The maximum Gasteiger partial charge on any atom is 0.0726 e. The van der Waals surface area contributed by atoms with Crippen LogP contribution in [0.3, 0.4) is 0 Å². The highest BCUT2D eigenvalue weighted by Gasteiger charge is 2.52. The maximum absolute atomic E-state index is 2.57. The Morgan fingerprint density at radius 2 is 0.632 bits per heavy atom. The summed E-state index contributed by atoms with van der Waals surface area (Å²) in [5.41, 5.74) is 20.3. The van der Waals surface area contributed by atoms with Crippen LogP contribution in [0.2, 0.25) is 0 Å². The lowest BCUT2D eigenvalue weighted by atomic mass is 9.70. The molecule has 0 fully saturated rings. The average molecular weight is 862 g/mol. The molecule has 1 heteroatoms. The maximum atomic E-state index is 2.57. The van der Waals surface area contributed by atoms with E-state index in [1.165, 1.54) is 99.1 Å². The van der Waals surface area contributed by atoms with Gasteiger partial charge in [0.25, 0.3) is 0 Å². The standard InChI is InChI=1S/C67H43N/c1-3-19-44(20-4-1)45-35-37-47(38-36-45)58-42-60-57-30-13-17-33-63(57)67(61-31-15-11-28-55(61)56-29-12-16-32-62(56)67)64(60)43-66(58)68(65-34-18-14-23-49(65)46-21-5-2-6-22-46)48-39-40-54-52-26-8-7-24-50(52)51-25-9-10-27-53(51)59(54)41-48/h1-43H. The molecule has 2 aliphatic carbocycles. The van der Waals surface area contributed by atoms with E-state index in [4.69, 9.17) is 0 Å². The Balaban J connectivity index is 1.12.